The van der Waals surface area contributed by atoms with Gasteiger partial charge in [0.1, 0.15) is 5.58 Å². The lowest BCUT2D eigenvalue weighted by molar-refractivity contribution is 0.385. The second kappa shape index (κ2) is 5.08. The number of benzene rings is 1. The van der Waals surface area contributed by atoms with E-state index in [2.05, 4.69) is 6.58 Å². The summed E-state index contributed by atoms with van der Waals surface area (Å²) in [5, 5.41) is 0.880. The van der Waals surface area contributed by atoms with Crippen LogP contribution in [0.2, 0.25) is 0 Å². The second-order valence-corrected chi connectivity index (χ2v) is 4.39. The van der Waals surface area contributed by atoms with E-state index in [4.69, 9.17) is 9.15 Å². The monoisotopic (exact) mass is 244 g/mol. The van der Waals surface area contributed by atoms with E-state index < -0.39 is 5.63 Å². The lowest BCUT2D eigenvalue weighted by atomic mass is 10.0. The van der Waals surface area contributed by atoms with E-state index >= 15 is 0 Å². The molecule has 0 spiro atoms. The summed E-state index contributed by atoms with van der Waals surface area (Å²) >= 11 is 0. The molecule has 0 radical (unpaired) electrons. The Bertz CT molecular complexity index is 638. The minimum Gasteiger partial charge on any atom is -0.490 e. The van der Waals surface area contributed by atoms with Gasteiger partial charge in [-0.15, -0.1) is 6.58 Å². The summed E-state index contributed by atoms with van der Waals surface area (Å²) in [7, 11) is 1.46. The van der Waals surface area contributed by atoms with E-state index in [1.807, 2.05) is 25.1 Å². The zero-order valence-corrected chi connectivity index (χ0v) is 10.7. The number of hydrogen-bond acceptors (Lipinski definition) is 3. The van der Waals surface area contributed by atoms with Crippen LogP contribution in [-0.2, 0) is 6.42 Å². The maximum absolute atomic E-state index is 11.6. The topological polar surface area (TPSA) is 39.4 Å². The predicted molar refractivity (Wildman–Crippen MR) is 72.2 cm³/mol. The Balaban J connectivity index is 2.52. The average Bonchev–Trinajstić information content (AvgIpc) is 2.35. The molecule has 0 aliphatic heterocycles. The molecule has 2 aromatic rings. The molecule has 0 atom stereocenters. The van der Waals surface area contributed by atoms with Gasteiger partial charge in [0.2, 0.25) is 5.75 Å². The quantitative estimate of drug-likeness (QED) is 0.612. The molecule has 2 rings (SSSR count). The lowest BCUT2D eigenvalue weighted by Gasteiger charge is -2.06. The number of aryl methyl sites for hydroxylation is 1. The van der Waals surface area contributed by atoms with Gasteiger partial charge in [-0.2, -0.15) is 0 Å². The van der Waals surface area contributed by atoms with Gasteiger partial charge in [0, 0.05) is 5.39 Å². The van der Waals surface area contributed by atoms with Crippen LogP contribution in [0.5, 0.6) is 5.75 Å². The van der Waals surface area contributed by atoms with Crippen molar-refractivity contribution in [1.29, 1.82) is 0 Å². The Labute approximate surface area is 106 Å². The van der Waals surface area contributed by atoms with Crippen LogP contribution in [0, 0.1) is 0 Å². The van der Waals surface area contributed by atoms with Crippen LogP contribution in [0.1, 0.15) is 18.9 Å². The summed E-state index contributed by atoms with van der Waals surface area (Å²) < 4.78 is 10.3. The first-order valence-electron chi connectivity index (χ1n) is 5.86. The molecule has 0 amide bonds. The number of ether oxygens (including phenoxy) is 1. The summed E-state index contributed by atoms with van der Waals surface area (Å²) in [6.45, 7) is 5.87. The number of hydrogen-bond donors (Lipinski definition) is 0. The molecule has 0 aliphatic carbocycles. The highest BCUT2D eigenvalue weighted by Crippen LogP contribution is 2.22. The molecule has 1 heterocycles. The highest BCUT2D eigenvalue weighted by atomic mass is 16.5. The first-order chi connectivity index (χ1) is 8.61. The van der Waals surface area contributed by atoms with Gasteiger partial charge in [-0.1, -0.05) is 23.8 Å². The van der Waals surface area contributed by atoms with Crippen LogP contribution in [0.4, 0.5) is 0 Å². The second-order valence-electron chi connectivity index (χ2n) is 4.39. The number of para-hydroxylation sites is 1. The number of methoxy groups -OCH3 is 1. The standard InChI is InChI=1S/C15H16O3/c1-10(2)7-8-11-5-4-6-12-9-13(17-3)15(16)18-14(11)12/h4-6,9H,1,7-8H2,2-3H3. The van der Waals surface area contributed by atoms with Crippen molar-refractivity contribution in [2.75, 3.05) is 7.11 Å². The van der Waals surface area contributed by atoms with Gasteiger partial charge in [-0.05, 0) is 31.4 Å². The largest absolute Gasteiger partial charge is 0.490 e. The van der Waals surface area contributed by atoms with Crippen molar-refractivity contribution >= 4 is 11.0 Å². The third kappa shape index (κ3) is 2.45. The van der Waals surface area contributed by atoms with Crippen molar-refractivity contribution in [3.63, 3.8) is 0 Å². The van der Waals surface area contributed by atoms with Gasteiger partial charge in [0.15, 0.2) is 0 Å². The summed E-state index contributed by atoms with van der Waals surface area (Å²) in [6.07, 6.45) is 1.71. The third-order valence-electron chi connectivity index (χ3n) is 2.85. The van der Waals surface area contributed by atoms with Gasteiger partial charge in [-0.25, -0.2) is 4.79 Å². The average molecular weight is 244 g/mol. The molecular weight excluding hydrogens is 228 g/mol. The molecule has 3 nitrogen and oxygen atoms in total. The number of fused-ring (bicyclic) bond motifs is 1. The summed E-state index contributed by atoms with van der Waals surface area (Å²) in [5.74, 6) is 0.236. The molecule has 1 aromatic heterocycles. The van der Waals surface area contributed by atoms with Crippen molar-refractivity contribution in [2.24, 2.45) is 0 Å². The summed E-state index contributed by atoms with van der Waals surface area (Å²) in [5.41, 5.74) is 2.34. The fourth-order valence-electron chi connectivity index (χ4n) is 1.87. The highest BCUT2D eigenvalue weighted by molar-refractivity contribution is 5.80. The van der Waals surface area contributed by atoms with Crippen LogP contribution in [0.15, 0.2) is 45.6 Å². The third-order valence-corrected chi connectivity index (χ3v) is 2.85. The Morgan fingerprint density at radius 1 is 1.44 bits per heavy atom. The van der Waals surface area contributed by atoms with Crippen molar-refractivity contribution in [2.45, 2.75) is 19.8 Å². The first kappa shape index (κ1) is 12.4. The fraction of sp³-hybridized carbons (Fsp3) is 0.267. The van der Waals surface area contributed by atoms with E-state index in [9.17, 15) is 4.79 Å². The summed E-state index contributed by atoms with van der Waals surface area (Å²) in [4.78, 5) is 11.6. The van der Waals surface area contributed by atoms with Crippen LogP contribution in [-0.4, -0.2) is 7.11 Å². The molecule has 0 bridgehead atoms. The summed E-state index contributed by atoms with van der Waals surface area (Å²) in [6, 6.07) is 7.55. The Morgan fingerprint density at radius 2 is 2.22 bits per heavy atom. The maximum atomic E-state index is 11.6. The smallest absolute Gasteiger partial charge is 0.379 e. The zero-order valence-electron chi connectivity index (χ0n) is 10.7. The molecular formula is C15H16O3. The molecule has 0 unspecified atom stereocenters. The molecule has 94 valence electrons. The van der Waals surface area contributed by atoms with Gasteiger partial charge in [0.05, 0.1) is 7.11 Å². The molecule has 18 heavy (non-hydrogen) atoms. The normalized spacial score (nSPS) is 10.6. The highest BCUT2D eigenvalue weighted by Gasteiger charge is 2.08. The van der Waals surface area contributed by atoms with Crippen molar-refractivity contribution in [3.05, 3.63) is 52.4 Å². The molecule has 0 saturated carbocycles. The van der Waals surface area contributed by atoms with Crippen LogP contribution >= 0.6 is 0 Å². The van der Waals surface area contributed by atoms with Crippen molar-refractivity contribution in [3.8, 4) is 5.75 Å². The molecule has 0 saturated heterocycles. The van der Waals surface area contributed by atoms with E-state index in [1.165, 1.54) is 7.11 Å². The fourth-order valence-corrected chi connectivity index (χ4v) is 1.87. The lowest BCUT2D eigenvalue weighted by Crippen LogP contribution is -2.04. The zero-order chi connectivity index (χ0) is 13.1. The number of rotatable bonds is 4. The Kier molecular flexibility index (Phi) is 3.51. The molecule has 0 fully saturated rings. The van der Waals surface area contributed by atoms with E-state index in [0.29, 0.717) is 5.58 Å². The van der Waals surface area contributed by atoms with Crippen molar-refractivity contribution < 1.29 is 9.15 Å². The van der Waals surface area contributed by atoms with Gasteiger partial charge >= 0.3 is 5.63 Å². The van der Waals surface area contributed by atoms with E-state index in [0.717, 1.165) is 29.4 Å². The maximum Gasteiger partial charge on any atom is 0.379 e. The molecule has 0 N–H and O–H groups in total. The minimum atomic E-state index is -0.437. The van der Waals surface area contributed by atoms with Gasteiger partial charge < -0.3 is 9.15 Å². The van der Waals surface area contributed by atoms with Crippen LogP contribution in [0.25, 0.3) is 11.0 Å². The predicted octanol–water partition coefficient (Wildman–Crippen LogP) is 3.31. The van der Waals surface area contributed by atoms with E-state index in [-0.39, 0.29) is 5.75 Å². The Morgan fingerprint density at radius 3 is 2.89 bits per heavy atom. The molecule has 1 aromatic carbocycles. The molecule has 0 aliphatic rings. The first-order valence-corrected chi connectivity index (χ1v) is 5.86. The van der Waals surface area contributed by atoms with E-state index in [1.54, 1.807) is 6.07 Å². The number of allylic oxidation sites excluding steroid dienone is 1. The SMILES string of the molecule is C=C(C)CCc1cccc2cc(OC)c(=O)oc12. The molecule has 3 heteroatoms. The van der Waals surface area contributed by atoms with Gasteiger partial charge in [-0.3, -0.25) is 0 Å². The van der Waals surface area contributed by atoms with Crippen LogP contribution in [0.3, 0.4) is 0 Å². The van der Waals surface area contributed by atoms with Crippen LogP contribution < -0.4 is 10.4 Å². The minimum absolute atomic E-state index is 0.236. The van der Waals surface area contributed by atoms with Crippen molar-refractivity contribution in [1.82, 2.24) is 0 Å². The Hall–Kier alpha value is -2.03. The van der Waals surface area contributed by atoms with Gasteiger partial charge in [0.25, 0.3) is 0 Å².